The van der Waals surface area contributed by atoms with Crippen molar-refractivity contribution in [2.75, 3.05) is 18.8 Å². The topological polar surface area (TPSA) is 57.6 Å². The predicted molar refractivity (Wildman–Crippen MR) is 83.3 cm³/mol. The fourth-order valence-electron chi connectivity index (χ4n) is 2.63. The number of carbonyl (C=O) groups is 2. The second kappa shape index (κ2) is 6.98. The summed E-state index contributed by atoms with van der Waals surface area (Å²) in [5.41, 5.74) is -0.734. The van der Waals surface area contributed by atoms with Crippen LogP contribution in [0.25, 0.3) is 0 Å². The molecular formula is C16H21NO3S. The molecule has 1 unspecified atom stereocenters. The first-order valence-electron chi connectivity index (χ1n) is 7.26. The molecule has 2 rings (SSSR count). The Morgan fingerprint density at radius 2 is 2.05 bits per heavy atom. The lowest BCUT2D eigenvalue weighted by Gasteiger charge is -2.23. The molecule has 1 aliphatic rings. The van der Waals surface area contributed by atoms with E-state index < -0.39 is 11.4 Å². The first-order valence-corrected chi connectivity index (χ1v) is 8.25. The molecule has 0 aliphatic carbocycles. The average molecular weight is 307 g/mol. The molecule has 1 N–H and O–H groups in total. The number of carboxylic acids is 1. The normalized spacial score (nSPS) is 21.5. The van der Waals surface area contributed by atoms with Gasteiger partial charge in [-0.25, -0.2) is 0 Å². The molecule has 1 fully saturated rings. The van der Waals surface area contributed by atoms with Gasteiger partial charge in [0.05, 0.1) is 5.41 Å². The van der Waals surface area contributed by atoms with Crippen molar-refractivity contribution in [1.82, 2.24) is 4.90 Å². The van der Waals surface area contributed by atoms with E-state index in [2.05, 4.69) is 0 Å². The Kier molecular flexibility index (Phi) is 5.28. The molecule has 0 spiro atoms. The first kappa shape index (κ1) is 15.9. The second-order valence-electron chi connectivity index (χ2n) is 5.42. The minimum Gasteiger partial charge on any atom is -0.481 e. The number of aliphatic carboxylic acids is 1. The van der Waals surface area contributed by atoms with Crippen LogP contribution in [-0.4, -0.2) is 40.7 Å². The molecule has 1 amide bonds. The van der Waals surface area contributed by atoms with E-state index in [1.165, 1.54) is 0 Å². The molecule has 0 bridgehead atoms. The lowest BCUT2D eigenvalue weighted by atomic mass is 9.84. The molecule has 0 aromatic heterocycles. The molecule has 1 heterocycles. The number of hydrogen-bond donors (Lipinski definition) is 1. The molecule has 0 saturated carbocycles. The largest absolute Gasteiger partial charge is 0.481 e. The van der Waals surface area contributed by atoms with Gasteiger partial charge >= 0.3 is 5.97 Å². The van der Waals surface area contributed by atoms with Crippen LogP contribution in [0.3, 0.4) is 0 Å². The molecular weight excluding hydrogens is 286 g/mol. The van der Waals surface area contributed by atoms with E-state index in [1.54, 1.807) is 16.7 Å². The van der Waals surface area contributed by atoms with E-state index in [0.29, 0.717) is 32.4 Å². The highest BCUT2D eigenvalue weighted by atomic mass is 32.2. The Morgan fingerprint density at radius 3 is 2.62 bits per heavy atom. The highest BCUT2D eigenvalue weighted by Crippen LogP contribution is 2.34. The summed E-state index contributed by atoms with van der Waals surface area (Å²) >= 11 is 1.66. The minimum absolute atomic E-state index is 0.0648. The van der Waals surface area contributed by atoms with Gasteiger partial charge in [-0.3, -0.25) is 9.59 Å². The summed E-state index contributed by atoms with van der Waals surface area (Å²) in [6, 6.07) is 9.98. The van der Waals surface area contributed by atoms with Crippen LogP contribution in [0.15, 0.2) is 35.2 Å². The van der Waals surface area contributed by atoms with E-state index in [4.69, 9.17) is 0 Å². The van der Waals surface area contributed by atoms with Crippen LogP contribution >= 0.6 is 11.8 Å². The minimum atomic E-state index is -0.779. The zero-order chi connectivity index (χ0) is 15.3. The van der Waals surface area contributed by atoms with Crippen LogP contribution in [0.2, 0.25) is 0 Å². The van der Waals surface area contributed by atoms with Crippen molar-refractivity contribution in [2.24, 2.45) is 5.41 Å². The van der Waals surface area contributed by atoms with Crippen molar-refractivity contribution in [2.45, 2.75) is 31.1 Å². The number of nitrogens with zero attached hydrogens (tertiary/aromatic N) is 1. The third-order valence-corrected chi connectivity index (χ3v) is 5.18. The second-order valence-corrected chi connectivity index (χ2v) is 6.58. The fraction of sp³-hybridized carbons (Fsp3) is 0.500. The van der Waals surface area contributed by atoms with E-state index in [-0.39, 0.29) is 5.91 Å². The van der Waals surface area contributed by atoms with Gasteiger partial charge in [-0.2, -0.15) is 0 Å². The van der Waals surface area contributed by atoms with Crippen LogP contribution in [0, 0.1) is 5.41 Å². The maximum atomic E-state index is 12.2. The average Bonchev–Trinajstić information content (AvgIpc) is 2.94. The van der Waals surface area contributed by atoms with Crippen LogP contribution in [0.1, 0.15) is 26.2 Å². The van der Waals surface area contributed by atoms with E-state index in [1.807, 2.05) is 37.3 Å². The van der Waals surface area contributed by atoms with Crippen molar-refractivity contribution < 1.29 is 14.7 Å². The highest BCUT2D eigenvalue weighted by molar-refractivity contribution is 7.99. The van der Waals surface area contributed by atoms with Crippen molar-refractivity contribution in [3.8, 4) is 0 Å². The summed E-state index contributed by atoms with van der Waals surface area (Å²) in [5, 5.41) is 9.35. The van der Waals surface area contributed by atoms with E-state index in [9.17, 15) is 14.7 Å². The van der Waals surface area contributed by atoms with Crippen LogP contribution in [0.5, 0.6) is 0 Å². The summed E-state index contributed by atoms with van der Waals surface area (Å²) < 4.78 is 0. The molecule has 1 aromatic rings. The SMILES string of the molecule is CCC1(C(=O)O)CCN(C(=O)CCSc2ccccc2)C1. The lowest BCUT2D eigenvalue weighted by Crippen LogP contribution is -2.36. The fourth-order valence-corrected chi connectivity index (χ4v) is 3.49. The molecule has 21 heavy (non-hydrogen) atoms. The van der Waals surface area contributed by atoms with Crippen molar-refractivity contribution in [3.05, 3.63) is 30.3 Å². The summed E-state index contributed by atoms with van der Waals surface area (Å²) in [6.07, 6.45) is 1.60. The number of thioether (sulfide) groups is 1. The number of benzene rings is 1. The molecule has 5 heteroatoms. The number of carbonyl (C=O) groups excluding carboxylic acids is 1. The predicted octanol–water partition coefficient (Wildman–Crippen LogP) is 2.88. The van der Waals surface area contributed by atoms with Gasteiger partial charge in [0, 0.05) is 30.2 Å². The third kappa shape index (κ3) is 3.79. The Morgan fingerprint density at radius 1 is 1.33 bits per heavy atom. The Bertz CT molecular complexity index is 506. The van der Waals surface area contributed by atoms with Gasteiger partial charge in [-0.15, -0.1) is 11.8 Å². The van der Waals surface area contributed by atoms with Crippen LogP contribution < -0.4 is 0 Å². The van der Waals surface area contributed by atoms with Crippen LogP contribution in [0.4, 0.5) is 0 Å². The smallest absolute Gasteiger partial charge is 0.311 e. The summed E-state index contributed by atoms with van der Waals surface area (Å²) in [4.78, 5) is 26.4. The summed E-state index contributed by atoms with van der Waals surface area (Å²) in [7, 11) is 0. The van der Waals surface area contributed by atoms with Gasteiger partial charge in [0.15, 0.2) is 0 Å². The summed E-state index contributed by atoms with van der Waals surface area (Å²) in [6.45, 7) is 2.80. The number of rotatable bonds is 6. The summed E-state index contributed by atoms with van der Waals surface area (Å²) in [5.74, 6) is 0.0138. The maximum Gasteiger partial charge on any atom is 0.311 e. The molecule has 114 valence electrons. The number of amides is 1. The monoisotopic (exact) mass is 307 g/mol. The molecule has 1 saturated heterocycles. The Balaban J connectivity index is 1.81. The zero-order valence-corrected chi connectivity index (χ0v) is 13.1. The molecule has 1 aliphatic heterocycles. The molecule has 1 aromatic carbocycles. The molecule has 1 atom stereocenters. The molecule has 0 radical (unpaired) electrons. The quantitative estimate of drug-likeness (QED) is 0.821. The Hall–Kier alpha value is -1.49. The van der Waals surface area contributed by atoms with Crippen molar-refractivity contribution in [1.29, 1.82) is 0 Å². The highest BCUT2D eigenvalue weighted by Gasteiger charge is 2.44. The standard InChI is InChI=1S/C16H21NO3S/c1-2-16(15(19)20)9-10-17(12-16)14(18)8-11-21-13-6-4-3-5-7-13/h3-7H,2,8-12H2,1H3,(H,19,20). The van der Waals surface area contributed by atoms with Gasteiger partial charge in [-0.1, -0.05) is 25.1 Å². The Labute approximate surface area is 129 Å². The van der Waals surface area contributed by atoms with Crippen molar-refractivity contribution in [3.63, 3.8) is 0 Å². The van der Waals surface area contributed by atoms with Gasteiger partial charge in [0.2, 0.25) is 5.91 Å². The van der Waals surface area contributed by atoms with Gasteiger partial charge < -0.3 is 10.0 Å². The van der Waals surface area contributed by atoms with E-state index >= 15 is 0 Å². The third-order valence-electron chi connectivity index (χ3n) is 4.16. The first-order chi connectivity index (χ1) is 10.1. The van der Waals surface area contributed by atoms with Gasteiger partial charge in [-0.05, 0) is 25.0 Å². The molecule has 4 nitrogen and oxygen atoms in total. The van der Waals surface area contributed by atoms with Crippen molar-refractivity contribution >= 4 is 23.6 Å². The maximum absolute atomic E-state index is 12.2. The van der Waals surface area contributed by atoms with E-state index in [0.717, 1.165) is 10.6 Å². The van der Waals surface area contributed by atoms with Crippen LogP contribution in [-0.2, 0) is 9.59 Å². The lowest BCUT2D eigenvalue weighted by molar-refractivity contribution is -0.148. The number of hydrogen-bond acceptors (Lipinski definition) is 3. The number of carboxylic acid groups (broad SMARTS) is 1. The number of likely N-dealkylation sites (tertiary alicyclic amines) is 1. The van der Waals surface area contributed by atoms with Gasteiger partial charge in [0.25, 0.3) is 0 Å². The van der Waals surface area contributed by atoms with Gasteiger partial charge in [0.1, 0.15) is 0 Å². The zero-order valence-electron chi connectivity index (χ0n) is 12.2.